The van der Waals surface area contributed by atoms with Crippen LogP contribution in [-0.2, 0) is 27.9 Å². The van der Waals surface area contributed by atoms with Crippen LogP contribution in [0.5, 0.6) is 0 Å². The van der Waals surface area contributed by atoms with Crippen LogP contribution in [0.15, 0.2) is 42.5 Å². The molecule has 2 aliphatic carbocycles. The van der Waals surface area contributed by atoms with Crippen molar-refractivity contribution < 1.29 is 19.4 Å². The molecular formula is C28H31N3O4. The van der Waals surface area contributed by atoms with Crippen LogP contribution in [-0.4, -0.2) is 39.9 Å². The highest BCUT2D eigenvalue weighted by Gasteiger charge is 2.60. The number of hydrogen-bond donors (Lipinski definition) is 1. The molecule has 182 valence electrons. The summed E-state index contributed by atoms with van der Waals surface area (Å²) in [5, 5.41) is 10.0. The molecule has 35 heavy (non-hydrogen) atoms. The van der Waals surface area contributed by atoms with Gasteiger partial charge in [-0.15, -0.1) is 0 Å². The Bertz CT molecular complexity index is 1320. The normalized spacial score (nSPS) is 27.3. The van der Waals surface area contributed by atoms with Gasteiger partial charge in [-0.3, -0.25) is 9.69 Å². The lowest BCUT2D eigenvalue weighted by Gasteiger charge is -2.34. The molecule has 3 aromatic rings. The molecular weight excluding hydrogens is 442 g/mol. The molecule has 0 saturated heterocycles. The van der Waals surface area contributed by atoms with Crippen LogP contribution in [0, 0.1) is 5.41 Å². The maximum Gasteiger partial charge on any atom is 0.414 e. The molecule has 1 N–H and O–H groups in total. The largest absolute Gasteiger partial charge is 0.481 e. The van der Waals surface area contributed by atoms with Crippen LogP contribution in [0.2, 0.25) is 0 Å². The van der Waals surface area contributed by atoms with Crippen molar-refractivity contribution in [3.8, 4) is 0 Å². The summed E-state index contributed by atoms with van der Waals surface area (Å²) in [5.74, 6) is 0.317. The fourth-order valence-corrected chi connectivity index (χ4v) is 7.00. The van der Waals surface area contributed by atoms with Crippen molar-refractivity contribution >= 4 is 28.8 Å². The zero-order chi connectivity index (χ0) is 24.4. The molecule has 0 unspecified atom stereocenters. The first-order valence-electron chi connectivity index (χ1n) is 12.6. The van der Waals surface area contributed by atoms with Crippen molar-refractivity contribution in [3.63, 3.8) is 0 Å². The van der Waals surface area contributed by atoms with Gasteiger partial charge in [0.1, 0.15) is 5.82 Å². The first-order chi connectivity index (χ1) is 16.9. The summed E-state index contributed by atoms with van der Waals surface area (Å²) >= 11 is 0. The summed E-state index contributed by atoms with van der Waals surface area (Å²) in [6.07, 6.45) is 5.82. The third kappa shape index (κ3) is 3.20. The molecule has 0 radical (unpaired) electrons. The number of hydrogen-bond acceptors (Lipinski definition) is 4. The van der Waals surface area contributed by atoms with Gasteiger partial charge in [-0.25, -0.2) is 9.78 Å². The fraction of sp³-hybridized carbons (Fsp3) is 0.464. The Kier molecular flexibility index (Phi) is 4.95. The summed E-state index contributed by atoms with van der Waals surface area (Å²) in [6.45, 7) is 2.05. The minimum Gasteiger partial charge on any atom is -0.481 e. The number of aliphatic carboxylic acids is 1. The number of aryl methyl sites for hydroxylation is 1. The van der Waals surface area contributed by atoms with E-state index < -0.39 is 11.4 Å². The minimum atomic E-state index is -0.661. The second kappa shape index (κ2) is 7.83. The molecule has 1 aliphatic heterocycles. The number of aromatic nitrogens is 2. The molecule has 2 bridgehead atoms. The molecule has 2 fully saturated rings. The molecule has 0 spiro atoms. The fourth-order valence-electron chi connectivity index (χ4n) is 7.00. The van der Waals surface area contributed by atoms with E-state index in [1.807, 2.05) is 31.2 Å². The first kappa shape index (κ1) is 22.1. The van der Waals surface area contributed by atoms with Gasteiger partial charge in [0, 0.05) is 23.6 Å². The Morgan fingerprint density at radius 2 is 1.86 bits per heavy atom. The smallest absolute Gasteiger partial charge is 0.414 e. The van der Waals surface area contributed by atoms with E-state index in [2.05, 4.69) is 22.8 Å². The number of carbonyl (C=O) groups excluding carboxylic acids is 1. The van der Waals surface area contributed by atoms with Gasteiger partial charge in [0.2, 0.25) is 0 Å². The van der Waals surface area contributed by atoms with E-state index in [4.69, 9.17) is 9.72 Å². The monoisotopic (exact) mass is 473 g/mol. The SMILES string of the molecule is COC(=O)N1c2ccc3c(nc(Cc4ccccc4)n3C34CCC(C(=O)O)(CC3)C4)c2CC[C@@H]1C. The number of fused-ring (bicyclic) bond motifs is 5. The lowest BCUT2D eigenvalue weighted by Crippen LogP contribution is -2.42. The Morgan fingerprint density at radius 3 is 2.51 bits per heavy atom. The van der Waals surface area contributed by atoms with Gasteiger partial charge in [0.05, 0.1) is 29.2 Å². The number of imidazole rings is 1. The van der Waals surface area contributed by atoms with E-state index in [9.17, 15) is 14.7 Å². The topological polar surface area (TPSA) is 84.7 Å². The van der Waals surface area contributed by atoms with Crippen LogP contribution in [0.4, 0.5) is 10.5 Å². The highest BCUT2D eigenvalue weighted by molar-refractivity contribution is 5.95. The first-order valence-corrected chi connectivity index (χ1v) is 12.6. The maximum absolute atomic E-state index is 12.6. The summed E-state index contributed by atoms with van der Waals surface area (Å²) in [4.78, 5) is 31.8. The standard InChI is InChI=1S/C28H31N3O4/c1-18-8-9-20-21(30(18)26(34)35-2)10-11-22-24(20)29-23(16-19-6-4-3-5-7-19)31(22)28-14-12-27(17-28,13-15-28)25(32)33/h3-7,10-11,18H,8-9,12-17H2,1-2H3,(H,32,33)/t18-,27?,28?/m0/s1. The molecule has 7 nitrogen and oxygen atoms in total. The van der Waals surface area contributed by atoms with Crippen LogP contribution in [0.25, 0.3) is 11.0 Å². The molecule has 2 heterocycles. The lowest BCUT2D eigenvalue weighted by molar-refractivity contribution is -0.148. The van der Waals surface area contributed by atoms with Gasteiger partial charge < -0.3 is 14.4 Å². The Balaban J connectivity index is 1.54. The van der Waals surface area contributed by atoms with Gasteiger partial charge in [-0.2, -0.15) is 0 Å². The number of carbonyl (C=O) groups is 2. The summed E-state index contributed by atoms with van der Waals surface area (Å²) in [6, 6.07) is 14.5. The third-order valence-electron chi connectivity index (χ3n) is 8.80. The second-order valence-electron chi connectivity index (χ2n) is 10.7. The van der Waals surface area contributed by atoms with Crippen molar-refractivity contribution in [3.05, 3.63) is 59.4 Å². The zero-order valence-electron chi connectivity index (χ0n) is 20.3. The highest BCUT2D eigenvalue weighted by atomic mass is 16.5. The Morgan fingerprint density at radius 1 is 1.11 bits per heavy atom. The van der Waals surface area contributed by atoms with E-state index in [0.717, 1.165) is 53.8 Å². The van der Waals surface area contributed by atoms with Crippen LogP contribution >= 0.6 is 0 Å². The number of nitrogens with zero attached hydrogens (tertiary/aromatic N) is 3. The summed E-state index contributed by atoms with van der Waals surface area (Å²) in [5.41, 5.74) is 4.27. The number of ether oxygens (including phenoxy) is 1. The van der Waals surface area contributed by atoms with E-state index in [0.29, 0.717) is 25.7 Å². The highest BCUT2D eigenvalue weighted by Crippen LogP contribution is 2.61. The zero-order valence-corrected chi connectivity index (χ0v) is 20.3. The number of carboxylic acid groups (broad SMARTS) is 1. The molecule has 2 aromatic carbocycles. The molecule has 3 aliphatic rings. The maximum atomic E-state index is 12.6. The van der Waals surface area contributed by atoms with Crippen LogP contribution in [0.3, 0.4) is 0 Å². The average Bonchev–Trinajstić information content (AvgIpc) is 3.55. The summed E-state index contributed by atoms with van der Waals surface area (Å²) in [7, 11) is 1.42. The minimum absolute atomic E-state index is 0.0534. The van der Waals surface area contributed by atoms with Crippen molar-refractivity contribution in [2.24, 2.45) is 5.41 Å². The van der Waals surface area contributed by atoms with Crippen molar-refractivity contribution in [2.45, 2.75) is 69.9 Å². The van der Waals surface area contributed by atoms with Crippen LogP contribution < -0.4 is 4.90 Å². The van der Waals surface area contributed by atoms with Crippen molar-refractivity contribution in [2.75, 3.05) is 12.0 Å². The predicted octanol–water partition coefficient (Wildman–Crippen LogP) is 5.28. The van der Waals surface area contributed by atoms with Crippen molar-refractivity contribution in [1.82, 2.24) is 9.55 Å². The van der Waals surface area contributed by atoms with Crippen LogP contribution in [0.1, 0.15) is 62.4 Å². The quantitative estimate of drug-likeness (QED) is 0.557. The van der Waals surface area contributed by atoms with E-state index in [1.54, 1.807) is 4.90 Å². The number of anilines is 1. The van der Waals surface area contributed by atoms with Gasteiger partial charge in [-0.1, -0.05) is 30.3 Å². The number of methoxy groups -OCH3 is 1. The van der Waals surface area contributed by atoms with Gasteiger partial charge in [0.15, 0.2) is 0 Å². The third-order valence-corrected chi connectivity index (χ3v) is 8.80. The van der Waals surface area contributed by atoms with Gasteiger partial charge in [0.25, 0.3) is 0 Å². The predicted molar refractivity (Wildman–Crippen MR) is 133 cm³/mol. The lowest BCUT2D eigenvalue weighted by atomic mass is 9.84. The molecule has 2 saturated carbocycles. The Labute approximate surface area is 204 Å². The molecule has 1 aromatic heterocycles. The number of carboxylic acids is 1. The average molecular weight is 474 g/mol. The molecule has 6 rings (SSSR count). The molecule has 7 heteroatoms. The van der Waals surface area contributed by atoms with E-state index in [-0.39, 0.29) is 17.7 Å². The van der Waals surface area contributed by atoms with Gasteiger partial charge >= 0.3 is 12.1 Å². The summed E-state index contributed by atoms with van der Waals surface area (Å²) < 4.78 is 7.48. The number of benzene rings is 2. The van der Waals surface area contributed by atoms with E-state index >= 15 is 0 Å². The number of amides is 1. The van der Waals surface area contributed by atoms with Crippen molar-refractivity contribution in [1.29, 1.82) is 0 Å². The number of rotatable bonds is 4. The second-order valence-corrected chi connectivity index (χ2v) is 10.7. The van der Waals surface area contributed by atoms with E-state index in [1.165, 1.54) is 12.7 Å². The van der Waals surface area contributed by atoms with Gasteiger partial charge in [-0.05, 0) is 69.6 Å². The Hall–Kier alpha value is -3.35. The molecule has 1 atom stereocenters. The molecule has 1 amide bonds.